The standard InChI is InChI=1S/C16H21N3O3.2ClH/c1-10-6-12(8-17)9-19(10)15(20)7-13-11(2)22-16(18-13)14-4-3-5-21-14;;/h3-5,10,12H,6-9,17H2,1-2H3;2*1H. The Labute approximate surface area is 153 Å². The molecule has 0 saturated carbocycles. The molecule has 2 aromatic rings. The molecule has 1 aliphatic heterocycles. The van der Waals surface area contributed by atoms with Crippen molar-refractivity contribution < 1.29 is 13.6 Å². The number of nitrogens with two attached hydrogens (primary N) is 1. The minimum Gasteiger partial charge on any atom is -0.459 e. The van der Waals surface area contributed by atoms with Crippen LogP contribution in [0.4, 0.5) is 0 Å². The van der Waals surface area contributed by atoms with Gasteiger partial charge in [-0.05, 0) is 44.9 Å². The second-order valence-corrected chi connectivity index (χ2v) is 5.91. The van der Waals surface area contributed by atoms with Gasteiger partial charge in [-0.1, -0.05) is 0 Å². The summed E-state index contributed by atoms with van der Waals surface area (Å²) in [4.78, 5) is 18.8. The second kappa shape index (κ2) is 8.55. The van der Waals surface area contributed by atoms with Crippen molar-refractivity contribution in [2.24, 2.45) is 11.7 Å². The summed E-state index contributed by atoms with van der Waals surface area (Å²) in [6.45, 7) is 5.24. The fourth-order valence-corrected chi connectivity index (χ4v) is 3.00. The molecule has 3 rings (SSSR count). The van der Waals surface area contributed by atoms with Crippen molar-refractivity contribution in [2.45, 2.75) is 32.7 Å². The van der Waals surface area contributed by atoms with E-state index in [4.69, 9.17) is 14.6 Å². The summed E-state index contributed by atoms with van der Waals surface area (Å²) < 4.78 is 10.9. The molecule has 1 fully saturated rings. The van der Waals surface area contributed by atoms with Crippen molar-refractivity contribution in [1.82, 2.24) is 9.88 Å². The number of likely N-dealkylation sites (tertiary alicyclic amines) is 1. The molecule has 2 N–H and O–H groups in total. The van der Waals surface area contributed by atoms with Crippen molar-refractivity contribution in [3.63, 3.8) is 0 Å². The highest BCUT2D eigenvalue weighted by molar-refractivity contribution is 5.85. The monoisotopic (exact) mass is 375 g/mol. The minimum atomic E-state index is 0. The van der Waals surface area contributed by atoms with E-state index < -0.39 is 0 Å². The molecule has 8 heteroatoms. The Balaban J connectivity index is 0.00000144. The van der Waals surface area contributed by atoms with Gasteiger partial charge in [0.05, 0.1) is 18.4 Å². The lowest BCUT2D eigenvalue weighted by Crippen LogP contribution is -2.35. The molecule has 134 valence electrons. The Kier molecular flexibility index (Phi) is 7.32. The van der Waals surface area contributed by atoms with Crippen LogP contribution in [0.25, 0.3) is 11.7 Å². The normalized spacial score (nSPS) is 19.7. The molecule has 1 saturated heterocycles. The lowest BCUT2D eigenvalue weighted by molar-refractivity contribution is -0.131. The molecule has 1 amide bonds. The van der Waals surface area contributed by atoms with Crippen molar-refractivity contribution in [3.05, 3.63) is 29.9 Å². The van der Waals surface area contributed by atoms with Crippen LogP contribution in [-0.4, -0.2) is 34.9 Å². The number of aryl methyl sites for hydroxylation is 1. The van der Waals surface area contributed by atoms with Gasteiger partial charge in [-0.15, -0.1) is 24.8 Å². The molecule has 1 aliphatic rings. The van der Waals surface area contributed by atoms with Gasteiger partial charge in [0.25, 0.3) is 5.89 Å². The molecular formula is C16H23Cl2N3O3. The average molecular weight is 376 g/mol. The largest absolute Gasteiger partial charge is 0.459 e. The molecule has 0 aliphatic carbocycles. The molecule has 2 unspecified atom stereocenters. The predicted octanol–water partition coefficient (Wildman–Crippen LogP) is 2.82. The van der Waals surface area contributed by atoms with E-state index in [2.05, 4.69) is 11.9 Å². The number of hydrogen-bond acceptors (Lipinski definition) is 5. The number of carbonyl (C=O) groups excluding carboxylic acids is 1. The van der Waals surface area contributed by atoms with Crippen molar-refractivity contribution in [3.8, 4) is 11.7 Å². The maximum Gasteiger partial charge on any atom is 0.263 e. The van der Waals surface area contributed by atoms with Gasteiger partial charge < -0.3 is 19.5 Å². The summed E-state index contributed by atoms with van der Waals surface area (Å²) in [5.41, 5.74) is 6.38. The zero-order valence-electron chi connectivity index (χ0n) is 13.7. The van der Waals surface area contributed by atoms with E-state index >= 15 is 0 Å². The van der Waals surface area contributed by atoms with Gasteiger partial charge in [-0.2, -0.15) is 0 Å². The van der Waals surface area contributed by atoms with Gasteiger partial charge in [-0.25, -0.2) is 4.98 Å². The van der Waals surface area contributed by atoms with Crippen LogP contribution in [0.5, 0.6) is 0 Å². The first kappa shape index (κ1) is 20.5. The summed E-state index contributed by atoms with van der Waals surface area (Å²) >= 11 is 0. The highest BCUT2D eigenvalue weighted by atomic mass is 35.5. The van der Waals surface area contributed by atoms with Crippen LogP contribution < -0.4 is 5.73 Å². The van der Waals surface area contributed by atoms with E-state index in [0.29, 0.717) is 35.6 Å². The number of amides is 1. The third-order valence-corrected chi connectivity index (χ3v) is 4.26. The third kappa shape index (κ3) is 4.12. The summed E-state index contributed by atoms with van der Waals surface area (Å²) in [6, 6.07) is 3.79. The highest BCUT2D eigenvalue weighted by Crippen LogP contribution is 2.25. The van der Waals surface area contributed by atoms with Gasteiger partial charge >= 0.3 is 0 Å². The van der Waals surface area contributed by atoms with Gasteiger partial charge in [0.2, 0.25) is 5.91 Å². The van der Waals surface area contributed by atoms with Crippen molar-refractivity contribution >= 4 is 30.7 Å². The molecule has 0 spiro atoms. The zero-order valence-corrected chi connectivity index (χ0v) is 15.4. The van der Waals surface area contributed by atoms with E-state index in [1.54, 1.807) is 18.4 Å². The number of oxazole rings is 1. The van der Waals surface area contributed by atoms with Crippen molar-refractivity contribution in [2.75, 3.05) is 13.1 Å². The summed E-state index contributed by atoms with van der Waals surface area (Å²) in [7, 11) is 0. The number of furan rings is 1. The highest BCUT2D eigenvalue weighted by Gasteiger charge is 2.32. The minimum absolute atomic E-state index is 0. The van der Waals surface area contributed by atoms with Crippen LogP contribution in [-0.2, 0) is 11.2 Å². The Bertz CT molecular complexity index is 658. The predicted molar refractivity (Wildman–Crippen MR) is 95.5 cm³/mol. The Morgan fingerprint density at radius 3 is 2.79 bits per heavy atom. The van der Waals surface area contributed by atoms with E-state index in [9.17, 15) is 4.79 Å². The van der Waals surface area contributed by atoms with Crippen LogP contribution in [0.15, 0.2) is 27.2 Å². The van der Waals surface area contributed by atoms with Gasteiger partial charge in [-0.3, -0.25) is 4.79 Å². The zero-order chi connectivity index (χ0) is 15.7. The van der Waals surface area contributed by atoms with E-state index in [1.807, 2.05) is 11.8 Å². The maximum absolute atomic E-state index is 12.5. The fourth-order valence-electron chi connectivity index (χ4n) is 3.00. The van der Waals surface area contributed by atoms with Gasteiger partial charge in [0.15, 0.2) is 5.76 Å². The first-order valence-corrected chi connectivity index (χ1v) is 7.58. The average Bonchev–Trinajstić information content (AvgIpc) is 3.19. The number of rotatable bonds is 4. The quantitative estimate of drug-likeness (QED) is 0.887. The molecule has 2 aromatic heterocycles. The lowest BCUT2D eigenvalue weighted by atomic mass is 10.1. The summed E-state index contributed by atoms with van der Waals surface area (Å²) in [5, 5.41) is 0. The van der Waals surface area contributed by atoms with Crippen molar-refractivity contribution in [1.29, 1.82) is 0 Å². The molecule has 6 nitrogen and oxygen atoms in total. The number of carbonyl (C=O) groups is 1. The smallest absolute Gasteiger partial charge is 0.263 e. The number of aromatic nitrogens is 1. The molecule has 2 atom stereocenters. The second-order valence-electron chi connectivity index (χ2n) is 5.91. The van der Waals surface area contributed by atoms with Gasteiger partial charge in [0.1, 0.15) is 5.76 Å². The summed E-state index contributed by atoms with van der Waals surface area (Å²) in [6.07, 6.45) is 2.79. The van der Waals surface area contributed by atoms with Crippen LogP contribution in [0.2, 0.25) is 0 Å². The van der Waals surface area contributed by atoms with Crippen LogP contribution in [0, 0.1) is 12.8 Å². The Morgan fingerprint density at radius 1 is 1.46 bits per heavy atom. The molecule has 24 heavy (non-hydrogen) atoms. The van der Waals surface area contributed by atoms with Crippen LogP contribution in [0.3, 0.4) is 0 Å². The molecular weight excluding hydrogens is 353 g/mol. The van der Waals surface area contributed by atoms with Gasteiger partial charge in [0, 0.05) is 12.6 Å². The third-order valence-electron chi connectivity index (χ3n) is 4.26. The van der Waals surface area contributed by atoms with E-state index in [-0.39, 0.29) is 43.2 Å². The lowest BCUT2D eigenvalue weighted by Gasteiger charge is -2.21. The first-order valence-electron chi connectivity index (χ1n) is 7.58. The van der Waals surface area contributed by atoms with Crippen LogP contribution in [0.1, 0.15) is 24.8 Å². The van der Waals surface area contributed by atoms with E-state index in [1.165, 1.54) is 0 Å². The Hall–Kier alpha value is -1.50. The number of halogens is 2. The Morgan fingerprint density at radius 2 is 2.21 bits per heavy atom. The number of nitrogens with zero attached hydrogens (tertiary/aromatic N) is 2. The van der Waals surface area contributed by atoms with Crippen LogP contribution >= 0.6 is 24.8 Å². The topological polar surface area (TPSA) is 85.5 Å². The van der Waals surface area contributed by atoms with E-state index in [0.717, 1.165) is 13.0 Å². The number of hydrogen-bond donors (Lipinski definition) is 1. The summed E-state index contributed by atoms with van der Waals surface area (Å²) in [5.74, 6) is 2.11. The maximum atomic E-state index is 12.5. The molecule has 0 aromatic carbocycles. The molecule has 0 bridgehead atoms. The fraction of sp³-hybridized carbons (Fsp3) is 0.500. The molecule has 0 radical (unpaired) electrons. The SMILES string of the molecule is Cc1oc(-c2ccco2)nc1CC(=O)N1CC(CN)CC1C.Cl.Cl. The molecule has 3 heterocycles. The first-order chi connectivity index (χ1) is 10.6.